The number of aliphatic hydroxyl groups excluding tert-OH is 1. The van der Waals surface area contributed by atoms with Crippen molar-refractivity contribution in [2.45, 2.75) is 238 Å². The van der Waals surface area contributed by atoms with E-state index in [2.05, 4.69) is 27.7 Å². The van der Waals surface area contributed by atoms with Crippen LogP contribution < -0.4 is 4.90 Å². The normalized spacial score (nSPS) is 15.8. The highest BCUT2D eigenvalue weighted by Gasteiger charge is 2.39. The second kappa shape index (κ2) is 29.2. The molecule has 0 aliphatic heterocycles. The molecule has 260 valence electrons. The van der Waals surface area contributed by atoms with E-state index in [9.17, 15) is 18.1 Å². The third-order valence-corrected chi connectivity index (χ3v) is 11.0. The van der Waals surface area contributed by atoms with E-state index in [4.69, 9.17) is 0 Å². The van der Waals surface area contributed by atoms with Crippen molar-refractivity contribution in [1.82, 2.24) is 0 Å². The van der Waals surface area contributed by atoms with Crippen molar-refractivity contribution in [1.29, 1.82) is 0 Å². The van der Waals surface area contributed by atoms with Gasteiger partial charge in [-0.05, 0) is 46.5 Å². The van der Waals surface area contributed by atoms with Crippen molar-refractivity contribution in [2.75, 3.05) is 0 Å². The number of unbranched alkanes of at least 4 members (excludes halogenated alkanes) is 24. The van der Waals surface area contributed by atoms with Crippen LogP contribution in [0, 0.1) is 0 Å². The lowest BCUT2D eigenvalue weighted by Gasteiger charge is -2.40. The van der Waals surface area contributed by atoms with Crippen molar-refractivity contribution in [2.24, 2.45) is 0 Å². The van der Waals surface area contributed by atoms with Crippen LogP contribution in [-0.4, -0.2) is 41.6 Å². The zero-order valence-electron chi connectivity index (χ0n) is 29.7. The molecule has 0 saturated carbocycles. The number of hydrogen-bond acceptors (Lipinski definition) is 4. The van der Waals surface area contributed by atoms with Crippen molar-refractivity contribution in [3.05, 3.63) is 0 Å². The van der Waals surface area contributed by atoms with E-state index in [-0.39, 0.29) is 12.1 Å². The van der Waals surface area contributed by atoms with E-state index in [1.54, 1.807) is 0 Å². The van der Waals surface area contributed by atoms with Gasteiger partial charge in [0.2, 0.25) is 5.37 Å². The molecule has 0 spiro atoms. The van der Waals surface area contributed by atoms with Crippen LogP contribution in [0.25, 0.3) is 0 Å². The Bertz CT molecular complexity index is 648. The Morgan fingerprint density at radius 2 is 0.721 bits per heavy atom. The average molecular weight is 632 g/mol. The van der Waals surface area contributed by atoms with Crippen LogP contribution in [0.5, 0.6) is 0 Å². The minimum atomic E-state index is -4.60. The number of rotatable bonds is 33. The molecule has 4 unspecified atom stereocenters. The van der Waals surface area contributed by atoms with E-state index >= 15 is 0 Å². The summed E-state index contributed by atoms with van der Waals surface area (Å²) in [6, 6.07) is 0.0704. The maximum Gasteiger partial charge on any atom is 0.203 e. The molecule has 0 saturated heterocycles. The van der Waals surface area contributed by atoms with Gasteiger partial charge in [-0.2, -0.15) is 0 Å². The van der Waals surface area contributed by atoms with Crippen LogP contribution in [0.3, 0.4) is 0 Å². The first kappa shape index (κ1) is 42.8. The predicted octanol–water partition coefficient (Wildman–Crippen LogP) is 9.86. The largest absolute Gasteiger partial charge is 0.743 e. The standard InChI is InChI=1S/C37H77NO4S/c1-6-8-10-12-14-16-18-20-22-24-26-28-30-32-34(3)38(37(36(5)39)43(40,41)42)35(4)33-31-29-27-25-23-21-19-17-15-13-11-9-7-2/h34-37,39H,6-33H2,1-5H3,(H,40,41,42). The first-order valence-electron chi connectivity index (χ1n) is 19.2. The Morgan fingerprint density at radius 1 is 0.488 bits per heavy atom. The second-order valence-electron chi connectivity index (χ2n) is 14.0. The molecule has 0 aromatic rings. The quantitative estimate of drug-likeness (QED) is 0.0558. The van der Waals surface area contributed by atoms with Gasteiger partial charge in [0, 0.05) is 0 Å². The molecule has 0 aliphatic rings. The molecule has 0 heterocycles. The van der Waals surface area contributed by atoms with Gasteiger partial charge >= 0.3 is 0 Å². The molecule has 0 aromatic carbocycles. The predicted molar refractivity (Wildman–Crippen MR) is 186 cm³/mol. The summed E-state index contributed by atoms with van der Waals surface area (Å²) in [5.74, 6) is 0. The Morgan fingerprint density at radius 3 is 0.930 bits per heavy atom. The van der Waals surface area contributed by atoms with E-state index in [0.717, 1.165) is 43.4 Å². The summed E-state index contributed by atoms with van der Waals surface area (Å²) in [4.78, 5) is 0.780. The number of aliphatic hydroxyl groups is 1. The number of nitrogens with one attached hydrogen (secondary N) is 1. The van der Waals surface area contributed by atoms with Gasteiger partial charge in [0.15, 0.2) is 10.1 Å². The molecule has 0 rings (SSSR count). The molecule has 0 bridgehead atoms. The van der Waals surface area contributed by atoms with Crippen molar-refractivity contribution < 1.29 is 23.0 Å². The fourth-order valence-electron chi connectivity index (χ4n) is 7.00. The fraction of sp³-hybridized carbons (Fsp3) is 1.00. The van der Waals surface area contributed by atoms with Crippen LogP contribution >= 0.6 is 0 Å². The molecule has 43 heavy (non-hydrogen) atoms. The lowest BCUT2D eigenvalue weighted by atomic mass is 10.00. The topological polar surface area (TPSA) is 81.9 Å². The van der Waals surface area contributed by atoms with Crippen LogP contribution in [-0.2, 0) is 10.1 Å². The monoisotopic (exact) mass is 632 g/mol. The molecular weight excluding hydrogens is 554 g/mol. The smallest absolute Gasteiger partial charge is 0.203 e. The molecule has 0 amide bonds. The summed E-state index contributed by atoms with van der Waals surface area (Å²) in [6.45, 7) is 10.2. The van der Waals surface area contributed by atoms with E-state index in [1.165, 1.54) is 148 Å². The highest BCUT2D eigenvalue weighted by molar-refractivity contribution is 7.86. The fourth-order valence-corrected chi connectivity index (χ4v) is 8.28. The lowest BCUT2D eigenvalue weighted by Crippen LogP contribution is -3.23. The zero-order chi connectivity index (χ0) is 32.2. The van der Waals surface area contributed by atoms with Crippen molar-refractivity contribution in [3.63, 3.8) is 0 Å². The molecule has 0 fully saturated rings. The van der Waals surface area contributed by atoms with Gasteiger partial charge in [-0.1, -0.05) is 168 Å². The highest BCUT2D eigenvalue weighted by atomic mass is 32.2. The Labute approximate surface area is 270 Å². The summed E-state index contributed by atoms with van der Waals surface area (Å²) in [6.07, 6.45) is 34.6. The van der Waals surface area contributed by atoms with Gasteiger partial charge in [0.1, 0.15) is 6.10 Å². The molecule has 6 heteroatoms. The minimum Gasteiger partial charge on any atom is -0.743 e. The third kappa shape index (κ3) is 24.7. The van der Waals surface area contributed by atoms with Crippen molar-refractivity contribution in [3.8, 4) is 0 Å². The van der Waals surface area contributed by atoms with E-state index in [0.29, 0.717) is 0 Å². The maximum atomic E-state index is 12.3. The molecular formula is C37H77NO4S. The first-order valence-corrected chi connectivity index (χ1v) is 20.6. The van der Waals surface area contributed by atoms with Crippen LogP contribution in [0.1, 0.15) is 214 Å². The summed E-state index contributed by atoms with van der Waals surface area (Å²) in [7, 11) is -4.60. The summed E-state index contributed by atoms with van der Waals surface area (Å²) < 4.78 is 36.8. The SMILES string of the molecule is CCCCCCCCCCCCCCCC(C)[NH+](C(C)CCCCCCCCCCCCCCC)C(C(C)O)S(=O)(=O)[O-]. The van der Waals surface area contributed by atoms with Gasteiger partial charge in [-0.15, -0.1) is 0 Å². The maximum absolute atomic E-state index is 12.3. The van der Waals surface area contributed by atoms with Crippen molar-refractivity contribution >= 4 is 10.1 Å². The first-order chi connectivity index (χ1) is 20.7. The molecule has 5 nitrogen and oxygen atoms in total. The highest BCUT2D eigenvalue weighted by Crippen LogP contribution is 2.16. The molecule has 0 aromatic heterocycles. The summed E-state index contributed by atoms with van der Waals surface area (Å²) in [5, 5.41) is 9.09. The number of hydrogen-bond donors (Lipinski definition) is 2. The third-order valence-electron chi connectivity index (χ3n) is 9.70. The zero-order valence-corrected chi connectivity index (χ0v) is 30.5. The Kier molecular flexibility index (Phi) is 29.1. The average Bonchev–Trinajstić information content (AvgIpc) is 2.95. The number of quaternary nitrogens is 1. The van der Waals surface area contributed by atoms with Gasteiger partial charge in [-0.3, -0.25) is 0 Å². The summed E-state index contributed by atoms with van der Waals surface area (Å²) in [5.41, 5.74) is 0. The lowest BCUT2D eigenvalue weighted by molar-refractivity contribution is -0.960. The van der Waals surface area contributed by atoms with Crippen LogP contribution in [0.2, 0.25) is 0 Å². The van der Waals surface area contributed by atoms with Crippen LogP contribution in [0.15, 0.2) is 0 Å². The Hall–Kier alpha value is -0.170. The van der Waals surface area contributed by atoms with Gasteiger partial charge < -0.3 is 14.6 Å². The van der Waals surface area contributed by atoms with Gasteiger partial charge in [-0.25, -0.2) is 8.42 Å². The van der Waals surface area contributed by atoms with E-state index < -0.39 is 21.6 Å². The molecule has 0 aliphatic carbocycles. The van der Waals surface area contributed by atoms with E-state index in [1.807, 2.05) is 0 Å². The minimum absolute atomic E-state index is 0.0352. The Balaban J connectivity index is 4.34. The summed E-state index contributed by atoms with van der Waals surface area (Å²) >= 11 is 0. The van der Waals surface area contributed by atoms with Gasteiger partial charge in [0.25, 0.3) is 0 Å². The molecule has 0 radical (unpaired) electrons. The second-order valence-corrected chi connectivity index (χ2v) is 15.5. The molecule has 4 atom stereocenters. The van der Waals surface area contributed by atoms with Gasteiger partial charge in [0.05, 0.1) is 12.1 Å². The molecule has 2 N–H and O–H groups in total. The van der Waals surface area contributed by atoms with Crippen LogP contribution in [0.4, 0.5) is 0 Å².